The normalized spacial score (nSPS) is 18.3. The summed E-state index contributed by atoms with van der Waals surface area (Å²) in [4.78, 5) is 30.1. The van der Waals surface area contributed by atoms with E-state index in [4.69, 9.17) is 15.6 Å². The maximum atomic E-state index is 12.2. The van der Waals surface area contributed by atoms with E-state index in [9.17, 15) is 9.59 Å². The lowest BCUT2D eigenvalue weighted by atomic mass is 9.92. The second-order valence-electron chi connectivity index (χ2n) is 9.04. The highest BCUT2D eigenvalue weighted by molar-refractivity contribution is 5.96. The lowest BCUT2D eigenvalue weighted by Crippen LogP contribution is -2.43. The third kappa shape index (κ3) is 6.95. The van der Waals surface area contributed by atoms with Crippen molar-refractivity contribution in [3.63, 3.8) is 0 Å². The van der Waals surface area contributed by atoms with Crippen LogP contribution in [0.4, 0.5) is 0 Å². The van der Waals surface area contributed by atoms with Gasteiger partial charge in [0.05, 0.1) is 13.2 Å². The van der Waals surface area contributed by atoms with Gasteiger partial charge in [0, 0.05) is 30.6 Å². The summed E-state index contributed by atoms with van der Waals surface area (Å²) in [6, 6.07) is 5.18. The fourth-order valence-electron chi connectivity index (χ4n) is 3.95. The highest BCUT2D eigenvalue weighted by atomic mass is 16.5. The summed E-state index contributed by atoms with van der Waals surface area (Å²) in [5.41, 5.74) is 7.45. The number of aliphatic hydroxyl groups excluding tert-OH is 1. The number of carbonyl (C=O) groups is 2. The molecule has 1 aliphatic carbocycles. The highest BCUT2D eigenvalue weighted by Gasteiger charge is 2.30. The van der Waals surface area contributed by atoms with E-state index < -0.39 is 0 Å². The molecule has 1 unspecified atom stereocenters. The van der Waals surface area contributed by atoms with Crippen LogP contribution < -0.4 is 15.8 Å². The maximum Gasteiger partial charge on any atom is 0.251 e. The minimum absolute atomic E-state index is 0.0645. The summed E-state index contributed by atoms with van der Waals surface area (Å²) in [5.74, 6) is 1.62. The molecule has 1 atom stereocenters. The summed E-state index contributed by atoms with van der Waals surface area (Å²) >= 11 is 0. The number of ether oxygens (including phenoxy) is 1. The molecule has 176 valence electrons. The third-order valence-corrected chi connectivity index (χ3v) is 6.21. The topological polar surface area (TPSA) is 117 Å². The summed E-state index contributed by atoms with van der Waals surface area (Å²) in [6.45, 7) is 5.87. The first-order valence-electron chi connectivity index (χ1n) is 11.7. The number of carbonyl (C=O) groups excluding carboxylic acids is 2. The van der Waals surface area contributed by atoms with Crippen LogP contribution in [0, 0.1) is 18.8 Å². The fourth-order valence-corrected chi connectivity index (χ4v) is 3.95. The molecule has 1 aromatic carbocycles. The number of benzene rings is 1. The number of rotatable bonds is 9. The SMILES string of the molecule is Cc1cc(OCCCC2CCN(C(N)=NC(=O)C3CC3)CC2)ccc1C(=O)NC(C)CO. The van der Waals surface area contributed by atoms with Crippen LogP contribution in [0.15, 0.2) is 23.2 Å². The van der Waals surface area contributed by atoms with Crippen molar-refractivity contribution in [2.24, 2.45) is 22.6 Å². The second kappa shape index (κ2) is 11.3. The van der Waals surface area contributed by atoms with E-state index in [1.807, 2.05) is 24.0 Å². The molecule has 1 aliphatic heterocycles. The Morgan fingerprint density at radius 1 is 1.28 bits per heavy atom. The van der Waals surface area contributed by atoms with Crippen molar-refractivity contribution in [3.05, 3.63) is 29.3 Å². The molecule has 1 saturated heterocycles. The lowest BCUT2D eigenvalue weighted by molar-refractivity contribution is -0.119. The molecule has 8 heteroatoms. The number of nitrogens with one attached hydrogen (secondary N) is 1. The molecule has 0 radical (unpaired) electrons. The van der Waals surface area contributed by atoms with Gasteiger partial charge in [-0.05, 0) is 82.1 Å². The number of guanidine groups is 1. The number of hydrogen-bond acceptors (Lipinski definition) is 4. The largest absolute Gasteiger partial charge is 0.494 e. The molecular formula is C24H36N4O4. The van der Waals surface area contributed by atoms with Gasteiger partial charge in [-0.15, -0.1) is 0 Å². The van der Waals surface area contributed by atoms with Crippen molar-refractivity contribution < 1.29 is 19.4 Å². The molecule has 0 spiro atoms. The zero-order valence-electron chi connectivity index (χ0n) is 19.2. The number of nitrogens with two attached hydrogens (primary N) is 1. The summed E-state index contributed by atoms with van der Waals surface area (Å²) in [5, 5.41) is 11.8. The van der Waals surface area contributed by atoms with Crippen LogP contribution in [0.25, 0.3) is 0 Å². The highest BCUT2D eigenvalue weighted by Crippen LogP contribution is 2.30. The standard InChI is InChI=1S/C24H36N4O4/c1-16-14-20(7-8-21(16)23(31)26-17(2)15-29)32-13-3-4-18-9-11-28(12-10-18)24(25)27-22(30)19-5-6-19/h7-8,14,17-19,29H,3-6,9-13,15H2,1-2H3,(H,26,31)(H2,25,27,30). The van der Waals surface area contributed by atoms with Crippen LogP contribution in [0.1, 0.15) is 61.4 Å². The molecule has 1 saturated carbocycles. The maximum absolute atomic E-state index is 12.2. The predicted molar refractivity (Wildman–Crippen MR) is 124 cm³/mol. The van der Waals surface area contributed by atoms with Crippen molar-refractivity contribution in [3.8, 4) is 5.75 Å². The lowest BCUT2D eigenvalue weighted by Gasteiger charge is -2.32. The van der Waals surface area contributed by atoms with Crippen molar-refractivity contribution in [2.45, 2.75) is 58.4 Å². The van der Waals surface area contributed by atoms with Crippen molar-refractivity contribution in [1.82, 2.24) is 10.2 Å². The van der Waals surface area contributed by atoms with Crippen molar-refractivity contribution in [2.75, 3.05) is 26.3 Å². The smallest absolute Gasteiger partial charge is 0.251 e. The number of amides is 2. The first-order chi connectivity index (χ1) is 15.4. The average molecular weight is 445 g/mol. The van der Waals surface area contributed by atoms with E-state index in [1.165, 1.54) is 0 Å². The van der Waals surface area contributed by atoms with E-state index in [2.05, 4.69) is 10.3 Å². The van der Waals surface area contributed by atoms with E-state index >= 15 is 0 Å². The number of hydrogen-bond donors (Lipinski definition) is 3. The first kappa shape index (κ1) is 24.0. The molecule has 0 bridgehead atoms. The molecule has 3 rings (SSSR count). The first-order valence-corrected chi connectivity index (χ1v) is 11.7. The van der Waals surface area contributed by atoms with Gasteiger partial charge in [-0.25, -0.2) is 0 Å². The third-order valence-electron chi connectivity index (χ3n) is 6.21. The summed E-state index contributed by atoms with van der Waals surface area (Å²) in [7, 11) is 0. The van der Waals surface area contributed by atoms with Crippen LogP contribution in [0.2, 0.25) is 0 Å². The molecule has 1 heterocycles. The molecule has 1 aromatic rings. The Labute approximate surface area is 190 Å². The minimum Gasteiger partial charge on any atom is -0.494 e. The van der Waals surface area contributed by atoms with Gasteiger partial charge in [-0.1, -0.05) is 0 Å². The van der Waals surface area contributed by atoms with Gasteiger partial charge in [0.25, 0.3) is 11.8 Å². The van der Waals surface area contributed by atoms with E-state index in [0.29, 0.717) is 24.0 Å². The van der Waals surface area contributed by atoms with Gasteiger partial charge in [0.2, 0.25) is 0 Å². The zero-order valence-corrected chi connectivity index (χ0v) is 19.2. The molecule has 2 aliphatic rings. The molecule has 8 nitrogen and oxygen atoms in total. The minimum atomic E-state index is -0.279. The predicted octanol–water partition coefficient (Wildman–Crippen LogP) is 2.23. The molecule has 0 aromatic heterocycles. The molecule has 4 N–H and O–H groups in total. The summed E-state index contributed by atoms with van der Waals surface area (Å²) in [6.07, 6.45) is 6.03. The molecule has 32 heavy (non-hydrogen) atoms. The number of nitrogens with zero attached hydrogens (tertiary/aromatic N) is 2. The van der Waals surface area contributed by atoms with Crippen LogP contribution in [0.3, 0.4) is 0 Å². The van der Waals surface area contributed by atoms with Crippen molar-refractivity contribution in [1.29, 1.82) is 0 Å². The second-order valence-corrected chi connectivity index (χ2v) is 9.04. The van der Waals surface area contributed by atoms with E-state index in [-0.39, 0.29) is 30.4 Å². The van der Waals surface area contributed by atoms with Gasteiger partial charge in [0.1, 0.15) is 5.75 Å². The Morgan fingerprint density at radius 3 is 2.62 bits per heavy atom. The molecule has 2 amide bonds. The van der Waals surface area contributed by atoms with Crippen LogP contribution in [-0.2, 0) is 4.79 Å². The van der Waals surface area contributed by atoms with Crippen LogP contribution in [0.5, 0.6) is 5.75 Å². The van der Waals surface area contributed by atoms with Crippen LogP contribution in [-0.4, -0.2) is 60.1 Å². The van der Waals surface area contributed by atoms with Gasteiger partial charge in [-0.3, -0.25) is 9.59 Å². The number of likely N-dealkylation sites (tertiary alicyclic amines) is 1. The van der Waals surface area contributed by atoms with Crippen molar-refractivity contribution >= 4 is 17.8 Å². The number of aliphatic imine (C=N–C) groups is 1. The van der Waals surface area contributed by atoms with Gasteiger partial charge < -0.3 is 25.8 Å². The number of aryl methyl sites for hydroxylation is 1. The van der Waals surface area contributed by atoms with E-state index in [0.717, 1.165) is 62.9 Å². The Kier molecular flexibility index (Phi) is 8.50. The monoisotopic (exact) mass is 444 g/mol. The quantitative estimate of drug-likeness (QED) is 0.305. The molecule has 2 fully saturated rings. The van der Waals surface area contributed by atoms with Gasteiger partial charge >= 0.3 is 0 Å². The molecular weight excluding hydrogens is 408 g/mol. The Balaban J connectivity index is 1.35. The van der Waals surface area contributed by atoms with Crippen LogP contribution >= 0.6 is 0 Å². The average Bonchev–Trinajstić information content (AvgIpc) is 3.62. The zero-order chi connectivity index (χ0) is 23.1. The number of piperidine rings is 1. The van der Waals surface area contributed by atoms with Gasteiger partial charge in [0.15, 0.2) is 5.96 Å². The fraction of sp³-hybridized carbons (Fsp3) is 0.625. The Bertz CT molecular complexity index is 829. The number of aliphatic hydroxyl groups is 1. The van der Waals surface area contributed by atoms with Gasteiger partial charge in [-0.2, -0.15) is 4.99 Å². The van der Waals surface area contributed by atoms with E-state index in [1.54, 1.807) is 13.0 Å². The summed E-state index contributed by atoms with van der Waals surface area (Å²) < 4.78 is 5.89. The Hall–Kier alpha value is -2.61. The Morgan fingerprint density at radius 2 is 2.00 bits per heavy atom.